The Balaban J connectivity index is 2.09. The second-order valence-corrected chi connectivity index (χ2v) is 9.07. The van der Waals surface area contributed by atoms with Crippen LogP contribution in [0.4, 0.5) is 0 Å². The molecule has 1 aliphatic carbocycles. The van der Waals surface area contributed by atoms with Crippen molar-refractivity contribution in [3.05, 3.63) is 45.6 Å². The van der Waals surface area contributed by atoms with Gasteiger partial charge < -0.3 is 15.4 Å². The van der Waals surface area contributed by atoms with Gasteiger partial charge in [-0.25, -0.2) is 4.79 Å². The summed E-state index contributed by atoms with van der Waals surface area (Å²) in [5.41, 5.74) is 7.82. The Bertz CT molecular complexity index is 933. The molecule has 1 aromatic heterocycles. The molecule has 1 heterocycles. The Morgan fingerprint density at radius 2 is 1.90 bits per heavy atom. The number of rotatable bonds is 8. The van der Waals surface area contributed by atoms with Crippen LogP contribution in [0.25, 0.3) is 11.3 Å². The van der Waals surface area contributed by atoms with E-state index in [1.807, 2.05) is 13.0 Å². The van der Waals surface area contributed by atoms with Crippen molar-refractivity contribution in [1.82, 2.24) is 4.57 Å². The number of amides is 1. The van der Waals surface area contributed by atoms with Crippen molar-refractivity contribution in [2.45, 2.75) is 64.3 Å². The van der Waals surface area contributed by atoms with E-state index in [-0.39, 0.29) is 23.9 Å². The molecule has 3 N–H and O–H groups in total. The summed E-state index contributed by atoms with van der Waals surface area (Å²) >= 11 is 12.6. The maximum atomic E-state index is 11.9. The van der Waals surface area contributed by atoms with Crippen LogP contribution in [-0.4, -0.2) is 21.6 Å². The van der Waals surface area contributed by atoms with Crippen LogP contribution in [0.15, 0.2) is 24.3 Å². The highest BCUT2D eigenvalue weighted by molar-refractivity contribution is 6.36. The van der Waals surface area contributed by atoms with Crippen molar-refractivity contribution < 1.29 is 14.7 Å². The molecule has 1 unspecified atom stereocenters. The Morgan fingerprint density at radius 3 is 2.50 bits per heavy atom. The molecule has 1 atom stereocenters. The number of hydrogen-bond acceptors (Lipinski definition) is 2. The molecule has 5 nitrogen and oxygen atoms in total. The summed E-state index contributed by atoms with van der Waals surface area (Å²) in [4.78, 5) is 23.5. The van der Waals surface area contributed by atoms with E-state index in [9.17, 15) is 14.7 Å². The molecule has 0 radical (unpaired) electrons. The van der Waals surface area contributed by atoms with E-state index in [2.05, 4.69) is 4.57 Å². The second-order valence-electron chi connectivity index (χ2n) is 8.23. The van der Waals surface area contributed by atoms with E-state index in [1.165, 1.54) is 19.3 Å². The van der Waals surface area contributed by atoms with Crippen molar-refractivity contribution in [2.75, 3.05) is 0 Å². The molecule has 1 saturated carbocycles. The number of benzene rings is 1. The largest absolute Gasteiger partial charge is 0.478 e. The van der Waals surface area contributed by atoms with Crippen molar-refractivity contribution in [1.29, 1.82) is 0 Å². The van der Waals surface area contributed by atoms with Gasteiger partial charge in [-0.2, -0.15) is 0 Å². The summed E-state index contributed by atoms with van der Waals surface area (Å²) in [5, 5.41) is 10.7. The monoisotopic (exact) mass is 450 g/mol. The zero-order chi connectivity index (χ0) is 21.8. The van der Waals surface area contributed by atoms with Crippen LogP contribution in [0.1, 0.15) is 73.5 Å². The Morgan fingerprint density at radius 1 is 1.20 bits per heavy atom. The van der Waals surface area contributed by atoms with Gasteiger partial charge in [0.15, 0.2) is 0 Å². The van der Waals surface area contributed by atoms with Gasteiger partial charge in [0.05, 0.1) is 16.3 Å². The summed E-state index contributed by atoms with van der Waals surface area (Å²) in [6, 6.07) is 6.86. The number of aromatic carboxylic acids is 1. The fourth-order valence-electron chi connectivity index (χ4n) is 4.68. The molecule has 1 aliphatic rings. The van der Waals surface area contributed by atoms with E-state index < -0.39 is 5.97 Å². The molecule has 1 aromatic carbocycles. The van der Waals surface area contributed by atoms with Gasteiger partial charge in [0, 0.05) is 28.7 Å². The van der Waals surface area contributed by atoms with Crippen molar-refractivity contribution in [3.8, 4) is 11.3 Å². The SMILES string of the molecule is Cc1c(C(=O)O)cc(-c2ccc(Cl)cc2Cl)n1C(CCC(N)=O)CC1CCCCC1. The number of carbonyl (C=O) groups excluding carboxylic acids is 1. The molecule has 0 saturated heterocycles. The van der Waals surface area contributed by atoms with Crippen LogP contribution < -0.4 is 5.73 Å². The molecule has 0 bridgehead atoms. The van der Waals surface area contributed by atoms with Gasteiger partial charge in [-0.15, -0.1) is 0 Å². The topological polar surface area (TPSA) is 85.3 Å². The Hall–Kier alpha value is -1.98. The molecular formula is C23H28Cl2N2O3. The van der Waals surface area contributed by atoms with E-state index >= 15 is 0 Å². The first-order valence-corrected chi connectivity index (χ1v) is 11.2. The number of carboxylic acids is 1. The Labute approximate surface area is 187 Å². The van der Waals surface area contributed by atoms with Gasteiger partial charge in [0.1, 0.15) is 0 Å². The summed E-state index contributed by atoms with van der Waals surface area (Å²) in [6.45, 7) is 1.81. The summed E-state index contributed by atoms with van der Waals surface area (Å²) in [7, 11) is 0. The molecule has 7 heteroatoms. The molecule has 2 aromatic rings. The fourth-order valence-corrected chi connectivity index (χ4v) is 5.19. The van der Waals surface area contributed by atoms with Crippen LogP contribution in [0.2, 0.25) is 10.0 Å². The molecular weight excluding hydrogens is 423 g/mol. The van der Waals surface area contributed by atoms with Crippen molar-refractivity contribution >= 4 is 35.1 Å². The van der Waals surface area contributed by atoms with Gasteiger partial charge in [0.2, 0.25) is 5.91 Å². The van der Waals surface area contributed by atoms with Gasteiger partial charge in [-0.1, -0.05) is 55.3 Å². The van der Waals surface area contributed by atoms with E-state index in [0.717, 1.165) is 30.5 Å². The van der Waals surface area contributed by atoms with Crippen molar-refractivity contribution in [2.24, 2.45) is 11.7 Å². The third kappa shape index (κ3) is 5.19. The average molecular weight is 451 g/mol. The number of nitrogens with zero attached hydrogens (tertiary/aromatic N) is 1. The van der Waals surface area contributed by atoms with Crippen LogP contribution in [0.5, 0.6) is 0 Å². The number of nitrogens with two attached hydrogens (primary N) is 1. The lowest BCUT2D eigenvalue weighted by Gasteiger charge is -2.30. The van der Waals surface area contributed by atoms with E-state index in [1.54, 1.807) is 18.2 Å². The standard InChI is InChI=1S/C23H28Cl2N2O3/c1-14-19(23(29)30)13-21(18-9-7-16(24)12-20(18)25)27(14)17(8-10-22(26)28)11-15-5-3-2-4-6-15/h7,9,12-13,15,17H,2-6,8,10-11H2,1H3,(H2,26,28)(H,29,30). The lowest BCUT2D eigenvalue weighted by molar-refractivity contribution is -0.118. The third-order valence-electron chi connectivity index (χ3n) is 6.15. The smallest absolute Gasteiger partial charge is 0.337 e. The summed E-state index contributed by atoms with van der Waals surface area (Å²) in [6.07, 6.45) is 7.73. The summed E-state index contributed by atoms with van der Waals surface area (Å²) < 4.78 is 2.05. The zero-order valence-electron chi connectivity index (χ0n) is 17.2. The quantitative estimate of drug-likeness (QED) is 0.498. The highest BCUT2D eigenvalue weighted by atomic mass is 35.5. The maximum absolute atomic E-state index is 11.9. The van der Waals surface area contributed by atoms with E-state index in [0.29, 0.717) is 28.1 Å². The second kappa shape index (κ2) is 9.88. The summed E-state index contributed by atoms with van der Waals surface area (Å²) in [5.74, 6) is -0.776. The Kier molecular flexibility index (Phi) is 7.48. The minimum absolute atomic E-state index is 0.0320. The third-order valence-corrected chi connectivity index (χ3v) is 6.70. The first kappa shape index (κ1) is 22.7. The number of halogens is 2. The maximum Gasteiger partial charge on any atom is 0.337 e. The molecule has 1 fully saturated rings. The minimum Gasteiger partial charge on any atom is -0.478 e. The predicted molar refractivity (Wildman–Crippen MR) is 120 cm³/mol. The lowest BCUT2D eigenvalue weighted by atomic mass is 9.83. The molecule has 30 heavy (non-hydrogen) atoms. The van der Waals surface area contributed by atoms with Gasteiger partial charge in [-0.3, -0.25) is 4.79 Å². The number of aromatic nitrogens is 1. The highest BCUT2D eigenvalue weighted by Crippen LogP contribution is 2.40. The fraction of sp³-hybridized carbons (Fsp3) is 0.478. The predicted octanol–water partition coefficient (Wildman–Crippen LogP) is 6.25. The zero-order valence-corrected chi connectivity index (χ0v) is 18.7. The van der Waals surface area contributed by atoms with Crippen LogP contribution in [-0.2, 0) is 4.79 Å². The van der Waals surface area contributed by atoms with Gasteiger partial charge in [0.25, 0.3) is 0 Å². The normalized spacial score (nSPS) is 15.8. The lowest BCUT2D eigenvalue weighted by Crippen LogP contribution is -2.21. The molecule has 0 aliphatic heterocycles. The number of carboxylic acid groups (broad SMARTS) is 1. The number of carbonyl (C=O) groups is 2. The van der Waals surface area contributed by atoms with Crippen LogP contribution in [0, 0.1) is 12.8 Å². The molecule has 162 valence electrons. The minimum atomic E-state index is -0.982. The average Bonchev–Trinajstić information content (AvgIpc) is 3.03. The van der Waals surface area contributed by atoms with Crippen LogP contribution >= 0.6 is 23.2 Å². The van der Waals surface area contributed by atoms with Crippen molar-refractivity contribution in [3.63, 3.8) is 0 Å². The van der Waals surface area contributed by atoms with Gasteiger partial charge in [-0.05, 0) is 49.9 Å². The first-order valence-electron chi connectivity index (χ1n) is 10.5. The molecule has 0 spiro atoms. The first-order chi connectivity index (χ1) is 14.3. The number of hydrogen-bond donors (Lipinski definition) is 2. The van der Waals surface area contributed by atoms with Gasteiger partial charge >= 0.3 is 5.97 Å². The van der Waals surface area contributed by atoms with Crippen LogP contribution in [0.3, 0.4) is 0 Å². The molecule has 1 amide bonds. The highest BCUT2D eigenvalue weighted by Gasteiger charge is 2.27. The molecule has 3 rings (SSSR count). The van der Waals surface area contributed by atoms with E-state index in [4.69, 9.17) is 28.9 Å². The number of primary amides is 1.